The first-order valence-electron chi connectivity index (χ1n) is 6.21. The number of aliphatic carboxylic acids is 1. The van der Waals surface area contributed by atoms with E-state index in [1.54, 1.807) is 4.90 Å². The average Bonchev–Trinajstić information content (AvgIpc) is 2.24. The number of hydrogen-bond donors (Lipinski definition) is 2. The van der Waals surface area contributed by atoms with Crippen LogP contribution < -0.4 is 5.32 Å². The Morgan fingerprint density at radius 3 is 2.24 bits per heavy atom. The van der Waals surface area contributed by atoms with Gasteiger partial charge in [-0.2, -0.15) is 0 Å². The summed E-state index contributed by atoms with van der Waals surface area (Å²) >= 11 is 0. The van der Waals surface area contributed by atoms with Gasteiger partial charge in [0.2, 0.25) is 0 Å². The van der Waals surface area contributed by atoms with Crippen LogP contribution in [0.2, 0.25) is 0 Å². The summed E-state index contributed by atoms with van der Waals surface area (Å²) in [4.78, 5) is 24.4. The van der Waals surface area contributed by atoms with Crippen molar-refractivity contribution in [2.45, 2.75) is 46.6 Å². The van der Waals surface area contributed by atoms with Gasteiger partial charge in [0.15, 0.2) is 0 Å². The zero-order valence-corrected chi connectivity index (χ0v) is 11.2. The van der Waals surface area contributed by atoms with E-state index in [0.717, 1.165) is 6.42 Å². The maximum Gasteiger partial charge on any atom is 0.317 e. The highest BCUT2D eigenvalue weighted by atomic mass is 16.4. The summed E-state index contributed by atoms with van der Waals surface area (Å²) in [6, 6.07) is -0.0701. The van der Waals surface area contributed by atoms with Crippen molar-refractivity contribution in [3.05, 3.63) is 0 Å². The fourth-order valence-electron chi connectivity index (χ4n) is 1.72. The van der Waals surface area contributed by atoms with Crippen molar-refractivity contribution < 1.29 is 14.7 Å². The normalized spacial score (nSPS) is 12.3. The first kappa shape index (κ1) is 15.7. The van der Waals surface area contributed by atoms with Gasteiger partial charge in [0.1, 0.15) is 0 Å². The number of carboxylic acids is 1. The Morgan fingerprint density at radius 1 is 1.29 bits per heavy atom. The molecule has 0 rings (SSSR count). The molecule has 0 aliphatic heterocycles. The van der Waals surface area contributed by atoms with Gasteiger partial charge in [-0.15, -0.1) is 0 Å². The number of rotatable bonds is 7. The summed E-state index contributed by atoms with van der Waals surface area (Å²) in [7, 11) is 0. The van der Waals surface area contributed by atoms with Crippen molar-refractivity contribution in [2.75, 3.05) is 13.1 Å². The monoisotopic (exact) mass is 244 g/mol. The van der Waals surface area contributed by atoms with Gasteiger partial charge in [-0.05, 0) is 27.2 Å². The van der Waals surface area contributed by atoms with Crippen LogP contribution in [0.1, 0.15) is 40.5 Å². The van der Waals surface area contributed by atoms with Crippen molar-refractivity contribution in [1.82, 2.24) is 10.2 Å². The number of nitrogens with one attached hydrogen (secondary N) is 1. The van der Waals surface area contributed by atoms with E-state index in [1.165, 1.54) is 0 Å². The summed E-state index contributed by atoms with van der Waals surface area (Å²) < 4.78 is 0. The molecule has 1 atom stereocenters. The van der Waals surface area contributed by atoms with Gasteiger partial charge in [-0.25, -0.2) is 4.79 Å². The first-order chi connectivity index (χ1) is 7.93. The molecule has 0 fully saturated rings. The number of carbonyl (C=O) groups excluding carboxylic acids is 1. The minimum absolute atomic E-state index is 0.120. The molecule has 5 heteroatoms. The lowest BCUT2D eigenvalue weighted by Gasteiger charge is -2.26. The van der Waals surface area contributed by atoms with E-state index in [0.29, 0.717) is 13.0 Å². The molecule has 0 bridgehead atoms. The number of nitrogens with zero attached hydrogens (tertiary/aromatic N) is 1. The highest BCUT2D eigenvalue weighted by Crippen LogP contribution is 2.06. The van der Waals surface area contributed by atoms with Gasteiger partial charge in [0.05, 0.1) is 5.92 Å². The zero-order chi connectivity index (χ0) is 13.4. The molecule has 2 N–H and O–H groups in total. The van der Waals surface area contributed by atoms with Crippen molar-refractivity contribution in [2.24, 2.45) is 5.92 Å². The Kier molecular flexibility index (Phi) is 7.34. The molecule has 0 heterocycles. The Hall–Kier alpha value is -1.26. The molecule has 0 aliphatic rings. The number of amides is 2. The largest absolute Gasteiger partial charge is 0.481 e. The van der Waals surface area contributed by atoms with Crippen LogP contribution in [0.4, 0.5) is 4.79 Å². The molecular weight excluding hydrogens is 220 g/mol. The molecule has 0 spiro atoms. The topological polar surface area (TPSA) is 69.6 Å². The van der Waals surface area contributed by atoms with Crippen LogP contribution in [0.15, 0.2) is 0 Å². The quantitative estimate of drug-likeness (QED) is 0.719. The van der Waals surface area contributed by atoms with E-state index in [9.17, 15) is 9.59 Å². The highest BCUT2D eigenvalue weighted by Gasteiger charge is 2.20. The van der Waals surface area contributed by atoms with Crippen LogP contribution in [0.3, 0.4) is 0 Å². The Labute approximate surface area is 103 Å². The molecule has 0 aromatic carbocycles. The average molecular weight is 244 g/mol. The maximum atomic E-state index is 11.8. The molecule has 5 nitrogen and oxygen atoms in total. The van der Waals surface area contributed by atoms with Crippen molar-refractivity contribution in [3.63, 3.8) is 0 Å². The van der Waals surface area contributed by atoms with Crippen LogP contribution >= 0.6 is 0 Å². The third-order valence-electron chi connectivity index (χ3n) is 2.71. The van der Waals surface area contributed by atoms with Gasteiger partial charge in [-0.3, -0.25) is 4.79 Å². The summed E-state index contributed by atoms with van der Waals surface area (Å²) in [5.74, 6) is -1.34. The van der Waals surface area contributed by atoms with Crippen LogP contribution in [0, 0.1) is 5.92 Å². The lowest BCUT2D eigenvalue weighted by atomic mass is 10.0. The maximum absolute atomic E-state index is 11.8. The number of carbonyl (C=O) groups is 2. The fourth-order valence-corrected chi connectivity index (χ4v) is 1.72. The third-order valence-corrected chi connectivity index (χ3v) is 2.71. The number of carboxylic acid groups (broad SMARTS) is 1. The number of urea groups is 1. The Bertz CT molecular complexity index is 254. The first-order valence-corrected chi connectivity index (χ1v) is 6.21. The van der Waals surface area contributed by atoms with Crippen LogP contribution in [0.5, 0.6) is 0 Å². The molecule has 100 valence electrons. The van der Waals surface area contributed by atoms with E-state index in [2.05, 4.69) is 5.32 Å². The van der Waals surface area contributed by atoms with Gasteiger partial charge >= 0.3 is 12.0 Å². The molecular formula is C12H24N2O3. The molecule has 2 amide bonds. The number of hydrogen-bond acceptors (Lipinski definition) is 2. The van der Waals surface area contributed by atoms with Gasteiger partial charge in [0, 0.05) is 19.1 Å². The smallest absolute Gasteiger partial charge is 0.317 e. The van der Waals surface area contributed by atoms with Crippen molar-refractivity contribution in [3.8, 4) is 0 Å². The molecule has 0 aliphatic carbocycles. The lowest BCUT2D eigenvalue weighted by molar-refractivity contribution is -0.141. The summed E-state index contributed by atoms with van der Waals surface area (Å²) in [6.45, 7) is 8.53. The SMILES string of the molecule is CCCC(CNC(=O)N(CC)C(C)C)C(=O)O. The van der Waals surface area contributed by atoms with Gasteiger partial charge in [0.25, 0.3) is 0 Å². The summed E-state index contributed by atoms with van der Waals surface area (Å²) in [6.07, 6.45) is 1.39. The predicted octanol–water partition coefficient (Wildman–Crippen LogP) is 1.93. The minimum atomic E-state index is -0.847. The second-order valence-electron chi connectivity index (χ2n) is 4.39. The van der Waals surface area contributed by atoms with Gasteiger partial charge < -0.3 is 15.3 Å². The fraction of sp³-hybridized carbons (Fsp3) is 0.833. The zero-order valence-electron chi connectivity index (χ0n) is 11.2. The standard InChI is InChI=1S/C12H24N2O3/c1-5-7-10(11(15)16)8-13-12(17)14(6-2)9(3)4/h9-10H,5-8H2,1-4H3,(H,13,17)(H,15,16). The van der Waals surface area contributed by atoms with Crippen molar-refractivity contribution in [1.29, 1.82) is 0 Å². The molecule has 0 radical (unpaired) electrons. The van der Waals surface area contributed by atoms with E-state index >= 15 is 0 Å². The van der Waals surface area contributed by atoms with Crippen LogP contribution in [0.25, 0.3) is 0 Å². The Morgan fingerprint density at radius 2 is 1.88 bits per heavy atom. The van der Waals surface area contributed by atoms with Crippen LogP contribution in [-0.4, -0.2) is 41.1 Å². The van der Waals surface area contributed by atoms with E-state index < -0.39 is 11.9 Å². The van der Waals surface area contributed by atoms with Crippen molar-refractivity contribution >= 4 is 12.0 Å². The summed E-state index contributed by atoms with van der Waals surface area (Å²) in [5.41, 5.74) is 0. The second-order valence-corrected chi connectivity index (χ2v) is 4.39. The molecule has 17 heavy (non-hydrogen) atoms. The molecule has 0 aromatic rings. The second kappa shape index (κ2) is 7.92. The molecule has 1 unspecified atom stereocenters. The predicted molar refractivity (Wildman–Crippen MR) is 66.9 cm³/mol. The summed E-state index contributed by atoms with van der Waals surface area (Å²) in [5, 5.41) is 11.6. The van der Waals surface area contributed by atoms with E-state index in [4.69, 9.17) is 5.11 Å². The molecule has 0 saturated heterocycles. The Balaban J connectivity index is 4.24. The van der Waals surface area contributed by atoms with Crippen LogP contribution in [-0.2, 0) is 4.79 Å². The molecule has 0 aromatic heterocycles. The van der Waals surface area contributed by atoms with E-state index in [-0.39, 0.29) is 18.6 Å². The lowest BCUT2D eigenvalue weighted by Crippen LogP contribution is -2.45. The highest BCUT2D eigenvalue weighted by molar-refractivity contribution is 5.76. The molecule has 0 saturated carbocycles. The third kappa shape index (κ3) is 5.56. The van der Waals surface area contributed by atoms with Gasteiger partial charge in [-0.1, -0.05) is 13.3 Å². The minimum Gasteiger partial charge on any atom is -0.481 e. The van der Waals surface area contributed by atoms with E-state index in [1.807, 2.05) is 27.7 Å².